The highest BCUT2D eigenvalue weighted by Crippen LogP contribution is 2.41. The SMILES string of the molecule is COC(=O)[C@@]1(O)C[C@H](OC)O[C@]1(C)OC. The van der Waals surface area contributed by atoms with Gasteiger partial charge in [0.1, 0.15) is 0 Å². The normalized spacial score (nSPS) is 40.5. The summed E-state index contributed by atoms with van der Waals surface area (Å²) in [5.41, 5.74) is -1.85. The number of carbonyl (C=O) groups is 1. The maximum Gasteiger partial charge on any atom is 0.343 e. The third-order valence-corrected chi connectivity index (χ3v) is 2.75. The van der Waals surface area contributed by atoms with Crippen molar-refractivity contribution in [1.82, 2.24) is 0 Å². The molecule has 6 nitrogen and oxygen atoms in total. The number of esters is 1. The molecule has 6 heteroatoms. The second-order valence-corrected chi connectivity index (χ2v) is 3.49. The van der Waals surface area contributed by atoms with Crippen LogP contribution in [0.5, 0.6) is 0 Å². The van der Waals surface area contributed by atoms with Crippen LogP contribution in [0.15, 0.2) is 0 Å². The number of aliphatic hydroxyl groups is 1. The van der Waals surface area contributed by atoms with Crippen molar-refractivity contribution in [2.24, 2.45) is 0 Å². The molecule has 0 bridgehead atoms. The Labute approximate surface area is 88.1 Å². The van der Waals surface area contributed by atoms with Crippen molar-refractivity contribution in [2.75, 3.05) is 21.3 Å². The van der Waals surface area contributed by atoms with Crippen molar-refractivity contribution in [3.05, 3.63) is 0 Å². The Morgan fingerprint density at radius 2 is 2.07 bits per heavy atom. The number of carbonyl (C=O) groups excluding carboxylic acids is 1. The lowest BCUT2D eigenvalue weighted by Gasteiger charge is -2.33. The summed E-state index contributed by atoms with van der Waals surface area (Å²) in [5.74, 6) is -2.26. The fourth-order valence-electron chi connectivity index (χ4n) is 1.60. The molecular formula is C9H16O6. The highest BCUT2D eigenvalue weighted by atomic mass is 16.8. The van der Waals surface area contributed by atoms with Gasteiger partial charge in [-0.1, -0.05) is 0 Å². The van der Waals surface area contributed by atoms with Crippen LogP contribution in [0.3, 0.4) is 0 Å². The van der Waals surface area contributed by atoms with E-state index in [-0.39, 0.29) is 6.42 Å². The molecule has 0 spiro atoms. The standard InChI is InChI=1S/C9H16O6/c1-8(14-4)9(11,7(10)13-3)5-6(12-2)15-8/h6,11H,5H2,1-4H3/t6-,8+,9+/m1/s1. The van der Waals surface area contributed by atoms with Gasteiger partial charge in [0.2, 0.25) is 11.4 Å². The number of hydrogen-bond acceptors (Lipinski definition) is 6. The van der Waals surface area contributed by atoms with Gasteiger partial charge in [0.05, 0.1) is 7.11 Å². The smallest absolute Gasteiger partial charge is 0.343 e. The summed E-state index contributed by atoms with van der Waals surface area (Å²) in [5, 5.41) is 10.2. The first-order valence-corrected chi connectivity index (χ1v) is 4.50. The minimum Gasteiger partial charge on any atom is -0.467 e. The number of rotatable bonds is 3. The summed E-state index contributed by atoms with van der Waals surface area (Å²) in [4.78, 5) is 11.5. The Kier molecular flexibility index (Phi) is 3.34. The van der Waals surface area contributed by atoms with Crippen molar-refractivity contribution in [3.63, 3.8) is 0 Å². The second-order valence-electron chi connectivity index (χ2n) is 3.49. The van der Waals surface area contributed by atoms with Crippen LogP contribution in [0.4, 0.5) is 0 Å². The first-order valence-electron chi connectivity index (χ1n) is 4.50. The van der Waals surface area contributed by atoms with E-state index in [1.807, 2.05) is 0 Å². The lowest BCUT2D eigenvalue weighted by atomic mass is 9.93. The van der Waals surface area contributed by atoms with Gasteiger partial charge < -0.3 is 24.1 Å². The Hall–Kier alpha value is -0.690. The summed E-state index contributed by atoms with van der Waals surface area (Å²) in [7, 11) is 3.95. The molecule has 1 rings (SSSR count). The molecule has 0 aromatic rings. The summed E-state index contributed by atoms with van der Waals surface area (Å²) in [6.07, 6.45) is -0.723. The molecule has 1 aliphatic rings. The molecule has 1 fully saturated rings. The largest absolute Gasteiger partial charge is 0.467 e. The van der Waals surface area contributed by atoms with Gasteiger partial charge in [-0.2, -0.15) is 0 Å². The zero-order valence-corrected chi connectivity index (χ0v) is 9.27. The molecule has 1 saturated heterocycles. The molecular weight excluding hydrogens is 204 g/mol. The van der Waals surface area contributed by atoms with Gasteiger partial charge in [0, 0.05) is 20.6 Å². The van der Waals surface area contributed by atoms with E-state index in [4.69, 9.17) is 14.2 Å². The molecule has 3 atom stereocenters. The molecule has 1 heterocycles. The highest BCUT2D eigenvalue weighted by molar-refractivity contribution is 5.81. The molecule has 0 aliphatic carbocycles. The van der Waals surface area contributed by atoms with Crippen LogP contribution >= 0.6 is 0 Å². The first kappa shape index (κ1) is 12.4. The Bertz CT molecular complexity index is 255. The fourth-order valence-corrected chi connectivity index (χ4v) is 1.60. The molecule has 0 amide bonds. The Morgan fingerprint density at radius 3 is 2.47 bits per heavy atom. The average molecular weight is 220 g/mol. The molecule has 0 aromatic carbocycles. The molecule has 0 saturated carbocycles. The molecule has 1 aliphatic heterocycles. The average Bonchev–Trinajstić information content (AvgIpc) is 2.52. The van der Waals surface area contributed by atoms with E-state index in [0.717, 1.165) is 0 Å². The predicted octanol–water partition coefficient (Wildman–Crippen LogP) is -0.354. The van der Waals surface area contributed by atoms with Crippen molar-refractivity contribution in [1.29, 1.82) is 0 Å². The van der Waals surface area contributed by atoms with Gasteiger partial charge in [-0.25, -0.2) is 4.79 Å². The Morgan fingerprint density at radius 1 is 1.47 bits per heavy atom. The summed E-state index contributed by atoms with van der Waals surface area (Å²) in [6.45, 7) is 1.46. The van der Waals surface area contributed by atoms with Crippen LogP contribution in [0, 0.1) is 0 Å². The van der Waals surface area contributed by atoms with Gasteiger partial charge >= 0.3 is 5.97 Å². The molecule has 1 N–H and O–H groups in total. The zero-order valence-electron chi connectivity index (χ0n) is 9.27. The second kappa shape index (κ2) is 4.05. The van der Waals surface area contributed by atoms with Gasteiger partial charge in [-0.15, -0.1) is 0 Å². The van der Waals surface area contributed by atoms with E-state index in [9.17, 15) is 9.90 Å². The Balaban J connectivity index is 2.99. The molecule has 0 aromatic heterocycles. The minimum absolute atomic E-state index is 0.0273. The summed E-state index contributed by atoms with van der Waals surface area (Å²) < 4.78 is 19.8. The van der Waals surface area contributed by atoms with Crippen molar-refractivity contribution >= 4 is 5.97 Å². The van der Waals surface area contributed by atoms with Gasteiger partial charge in [-0.05, 0) is 6.92 Å². The number of methoxy groups -OCH3 is 3. The summed E-state index contributed by atoms with van der Waals surface area (Å²) >= 11 is 0. The molecule has 88 valence electrons. The van der Waals surface area contributed by atoms with Crippen LogP contribution < -0.4 is 0 Å². The predicted molar refractivity (Wildman–Crippen MR) is 48.9 cm³/mol. The molecule has 15 heavy (non-hydrogen) atoms. The van der Waals surface area contributed by atoms with Gasteiger partial charge in [0.25, 0.3) is 0 Å². The van der Waals surface area contributed by atoms with E-state index < -0.39 is 23.6 Å². The maximum absolute atomic E-state index is 11.5. The van der Waals surface area contributed by atoms with Gasteiger partial charge in [0.15, 0.2) is 6.29 Å². The van der Waals surface area contributed by atoms with E-state index in [0.29, 0.717) is 0 Å². The van der Waals surface area contributed by atoms with Gasteiger partial charge in [-0.3, -0.25) is 0 Å². The summed E-state index contributed by atoms with van der Waals surface area (Å²) in [6, 6.07) is 0. The van der Waals surface area contributed by atoms with Crippen LogP contribution in [0.2, 0.25) is 0 Å². The lowest BCUT2D eigenvalue weighted by Crippen LogP contribution is -2.56. The monoisotopic (exact) mass is 220 g/mol. The fraction of sp³-hybridized carbons (Fsp3) is 0.889. The first-order chi connectivity index (χ1) is 6.93. The topological polar surface area (TPSA) is 74.2 Å². The minimum atomic E-state index is -1.85. The van der Waals surface area contributed by atoms with Crippen LogP contribution in [0.25, 0.3) is 0 Å². The van der Waals surface area contributed by atoms with E-state index in [1.54, 1.807) is 0 Å². The number of hydrogen-bond donors (Lipinski definition) is 1. The third-order valence-electron chi connectivity index (χ3n) is 2.75. The molecule has 0 radical (unpaired) electrons. The van der Waals surface area contributed by atoms with Crippen LogP contribution in [0.1, 0.15) is 13.3 Å². The van der Waals surface area contributed by atoms with E-state index >= 15 is 0 Å². The van der Waals surface area contributed by atoms with E-state index in [1.165, 1.54) is 28.3 Å². The van der Waals surface area contributed by atoms with Crippen molar-refractivity contribution in [3.8, 4) is 0 Å². The van der Waals surface area contributed by atoms with Crippen LogP contribution in [-0.2, 0) is 23.7 Å². The third kappa shape index (κ3) is 1.74. The molecule has 0 unspecified atom stereocenters. The number of ether oxygens (including phenoxy) is 4. The van der Waals surface area contributed by atoms with Crippen LogP contribution in [-0.4, -0.2) is 50.1 Å². The van der Waals surface area contributed by atoms with E-state index in [2.05, 4.69) is 4.74 Å². The van der Waals surface area contributed by atoms with Crippen molar-refractivity contribution in [2.45, 2.75) is 31.0 Å². The maximum atomic E-state index is 11.5. The highest BCUT2D eigenvalue weighted by Gasteiger charge is 2.63. The zero-order chi connectivity index (χ0) is 11.7. The quantitative estimate of drug-likeness (QED) is 0.655. The van der Waals surface area contributed by atoms with Crippen molar-refractivity contribution < 1.29 is 28.8 Å². The lowest BCUT2D eigenvalue weighted by molar-refractivity contribution is -0.287.